The van der Waals surface area contributed by atoms with E-state index in [1.165, 1.54) is 20.3 Å². The Morgan fingerprint density at radius 1 is 1.08 bits per heavy atom. The van der Waals surface area contributed by atoms with Crippen LogP contribution >= 0.6 is 11.6 Å². The minimum Gasteiger partial charge on any atom is -0.493 e. The molecule has 0 spiro atoms. The average molecular weight is 347 g/mol. The normalized spacial score (nSPS) is 13.5. The van der Waals surface area contributed by atoms with Gasteiger partial charge in [-0.15, -0.1) is 5.10 Å². The van der Waals surface area contributed by atoms with Gasteiger partial charge in [-0.1, -0.05) is 23.7 Å². The second-order valence-electron chi connectivity index (χ2n) is 5.42. The van der Waals surface area contributed by atoms with Crippen LogP contribution in [0, 0.1) is 5.82 Å². The molecule has 1 aliphatic heterocycles. The molecule has 0 radical (unpaired) electrons. The summed E-state index contributed by atoms with van der Waals surface area (Å²) in [5.74, 6) is 0.378. The van der Waals surface area contributed by atoms with E-state index in [-0.39, 0.29) is 5.82 Å². The maximum absolute atomic E-state index is 14.7. The van der Waals surface area contributed by atoms with Gasteiger partial charge in [-0.2, -0.15) is 5.10 Å². The highest BCUT2D eigenvalue weighted by molar-refractivity contribution is 6.30. The van der Waals surface area contributed by atoms with Gasteiger partial charge in [0.05, 0.1) is 19.8 Å². The van der Waals surface area contributed by atoms with Crippen LogP contribution in [0.3, 0.4) is 0 Å². The fourth-order valence-corrected chi connectivity index (χ4v) is 2.84. The lowest BCUT2D eigenvalue weighted by atomic mass is 9.93. The molecule has 2 aromatic rings. The Hall–Kier alpha value is -2.40. The Bertz CT molecular complexity index is 845. The van der Waals surface area contributed by atoms with Gasteiger partial charge >= 0.3 is 0 Å². The molecule has 1 aliphatic rings. The number of halogens is 2. The molecule has 2 aromatic carbocycles. The first-order valence-corrected chi connectivity index (χ1v) is 7.73. The van der Waals surface area contributed by atoms with Crippen molar-refractivity contribution in [1.29, 1.82) is 0 Å². The molecule has 3 rings (SSSR count). The molecule has 0 unspecified atom stereocenters. The molecule has 24 heavy (non-hydrogen) atoms. The highest BCUT2D eigenvalue weighted by Gasteiger charge is 2.26. The second kappa shape index (κ2) is 6.61. The maximum atomic E-state index is 14.7. The highest BCUT2D eigenvalue weighted by atomic mass is 35.5. The molecular weight excluding hydrogens is 331 g/mol. The molecule has 0 fully saturated rings. The summed E-state index contributed by atoms with van der Waals surface area (Å²) in [5.41, 5.74) is 3.04. The van der Waals surface area contributed by atoms with E-state index in [9.17, 15) is 4.39 Å². The molecule has 0 bridgehead atoms. The van der Waals surface area contributed by atoms with Crippen molar-refractivity contribution in [2.24, 2.45) is 10.2 Å². The summed E-state index contributed by atoms with van der Waals surface area (Å²) < 4.78 is 25.5. The average Bonchev–Trinajstić information content (AvgIpc) is 2.75. The minimum atomic E-state index is -0.374. The van der Waals surface area contributed by atoms with Crippen LogP contribution in [0.4, 0.5) is 4.39 Å². The van der Waals surface area contributed by atoms with Crippen LogP contribution in [0.2, 0.25) is 5.02 Å². The van der Waals surface area contributed by atoms with E-state index in [4.69, 9.17) is 21.1 Å². The van der Waals surface area contributed by atoms with Gasteiger partial charge in [-0.05, 0) is 19.1 Å². The summed E-state index contributed by atoms with van der Waals surface area (Å²) in [4.78, 5) is 0. The third kappa shape index (κ3) is 2.87. The van der Waals surface area contributed by atoms with Crippen LogP contribution in [0.25, 0.3) is 0 Å². The SMILES string of the molecule is COc1cc(F)c2c(c1OC)C(c1ccc(Cl)cc1)=NN=C(C)C2. The molecule has 0 aliphatic carbocycles. The molecule has 6 heteroatoms. The third-order valence-electron chi connectivity index (χ3n) is 3.83. The van der Waals surface area contributed by atoms with Crippen molar-refractivity contribution >= 4 is 23.0 Å². The summed E-state index contributed by atoms with van der Waals surface area (Å²) in [6.07, 6.45) is 0.349. The predicted molar refractivity (Wildman–Crippen MR) is 93.4 cm³/mol. The number of ether oxygens (including phenoxy) is 2. The highest BCUT2D eigenvalue weighted by Crippen LogP contribution is 2.38. The Kier molecular flexibility index (Phi) is 4.53. The van der Waals surface area contributed by atoms with E-state index in [2.05, 4.69) is 10.2 Å². The number of fused-ring (bicyclic) bond motifs is 1. The summed E-state index contributed by atoms with van der Waals surface area (Å²) in [6.45, 7) is 1.81. The van der Waals surface area contributed by atoms with Gasteiger partial charge < -0.3 is 9.47 Å². The van der Waals surface area contributed by atoms with Gasteiger partial charge in [0.2, 0.25) is 0 Å². The van der Waals surface area contributed by atoms with Crippen LogP contribution in [0.5, 0.6) is 11.5 Å². The lowest BCUT2D eigenvalue weighted by molar-refractivity contribution is 0.351. The van der Waals surface area contributed by atoms with Crippen LogP contribution in [0.1, 0.15) is 23.6 Å². The third-order valence-corrected chi connectivity index (χ3v) is 4.08. The first-order valence-electron chi connectivity index (χ1n) is 7.36. The summed E-state index contributed by atoms with van der Waals surface area (Å²) in [7, 11) is 3.00. The zero-order chi connectivity index (χ0) is 17.3. The molecule has 1 heterocycles. The molecule has 0 amide bonds. The van der Waals surface area contributed by atoms with Crippen LogP contribution in [0.15, 0.2) is 40.5 Å². The van der Waals surface area contributed by atoms with E-state index in [0.29, 0.717) is 45.5 Å². The number of hydrogen-bond donors (Lipinski definition) is 0. The lowest BCUT2D eigenvalue weighted by Crippen LogP contribution is -2.12. The molecule has 124 valence electrons. The summed E-state index contributed by atoms with van der Waals surface area (Å²) in [6, 6.07) is 8.47. The number of rotatable bonds is 3. The second-order valence-corrected chi connectivity index (χ2v) is 5.85. The minimum absolute atomic E-state index is 0.315. The molecule has 0 aromatic heterocycles. The Morgan fingerprint density at radius 3 is 2.42 bits per heavy atom. The van der Waals surface area contributed by atoms with Gasteiger partial charge in [-0.3, -0.25) is 0 Å². The van der Waals surface area contributed by atoms with Crippen molar-refractivity contribution in [3.8, 4) is 11.5 Å². The number of hydrogen-bond acceptors (Lipinski definition) is 4. The zero-order valence-corrected chi connectivity index (χ0v) is 14.3. The monoisotopic (exact) mass is 346 g/mol. The zero-order valence-electron chi connectivity index (χ0n) is 13.6. The van der Waals surface area contributed by atoms with Crippen LogP contribution in [-0.4, -0.2) is 25.6 Å². The number of nitrogens with zero attached hydrogens (tertiary/aromatic N) is 2. The van der Waals surface area contributed by atoms with Gasteiger partial charge in [0.25, 0.3) is 0 Å². The van der Waals surface area contributed by atoms with E-state index in [1.807, 2.05) is 19.1 Å². The van der Waals surface area contributed by atoms with Crippen molar-refractivity contribution in [2.75, 3.05) is 14.2 Å². The largest absolute Gasteiger partial charge is 0.493 e. The van der Waals surface area contributed by atoms with Crippen molar-refractivity contribution < 1.29 is 13.9 Å². The van der Waals surface area contributed by atoms with Gasteiger partial charge in [0.1, 0.15) is 11.5 Å². The number of methoxy groups -OCH3 is 2. The predicted octanol–water partition coefficient (Wildman–Crippen LogP) is 4.27. The van der Waals surface area contributed by atoms with Crippen LogP contribution < -0.4 is 9.47 Å². The van der Waals surface area contributed by atoms with E-state index in [1.54, 1.807) is 12.1 Å². The van der Waals surface area contributed by atoms with Crippen molar-refractivity contribution in [2.45, 2.75) is 13.3 Å². The fourth-order valence-electron chi connectivity index (χ4n) is 2.71. The van der Waals surface area contributed by atoms with E-state index in [0.717, 1.165) is 5.56 Å². The molecular formula is C18H16ClFN2O2. The topological polar surface area (TPSA) is 43.2 Å². The van der Waals surface area contributed by atoms with E-state index >= 15 is 0 Å². The first kappa shape index (κ1) is 16.5. The summed E-state index contributed by atoms with van der Waals surface area (Å²) in [5, 5.41) is 9.14. The van der Waals surface area contributed by atoms with Crippen LogP contribution in [-0.2, 0) is 6.42 Å². The first-order chi connectivity index (χ1) is 11.5. The molecule has 4 nitrogen and oxygen atoms in total. The molecule has 0 saturated carbocycles. The van der Waals surface area contributed by atoms with Gasteiger partial charge in [0.15, 0.2) is 11.5 Å². The smallest absolute Gasteiger partial charge is 0.170 e. The number of benzene rings is 2. The van der Waals surface area contributed by atoms with Crippen molar-refractivity contribution in [3.63, 3.8) is 0 Å². The van der Waals surface area contributed by atoms with Gasteiger partial charge in [-0.25, -0.2) is 4.39 Å². The fraction of sp³-hybridized carbons (Fsp3) is 0.222. The van der Waals surface area contributed by atoms with E-state index < -0.39 is 0 Å². The Balaban J connectivity index is 2.32. The Morgan fingerprint density at radius 2 is 1.79 bits per heavy atom. The maximum Gasteiger partial charge on any atom is 0.170 e. The molecule has 0 atom stereocenters. The Labute approximate surface area is 144 Å². The van der Waals surface area contributed by atoms with Crippen molar-refractivity contribution in [3.05, 3.63) is 57.9 Å². The quantitative estimate of drug-likeness (QED) is 0.833. The van der Waals surface area contributed by atoms with Gasteiger partial charge in [0, 0.05) is 34.3 Å². The lowest BCUT2D eigenvalue weighted by Gasteiger charge is -2.17. The standard InChI is InChI=1S/C18H16ClFN2O2/c1-10-8-13-14(20)9-15(23-2)18(24-3)16(13)17(22-21-10)11-4-6-12(19)7-5-11/h4-7,9H,8H2,1-3H3. The summed E-state index contributed by atoms with van der Waals surface area (Å²) >= 11 is 5.97. The molecule has 0 N–H and O–H groups in total. The molecule has 0 saturated heterocycles. The van der Waals surface area contributed by atoms with Crippen molar-refractivity contribution in [1.82, 2.24) is 0 Å².